The molecule has 96 valence electrons. The lowest BCUT2D eigenvalue weighted by Gasteiger charge is -2.05. The van der Waals surface area contributed by atoms with Crippen LogP contribution < -0.4 is 5.73 Å². The smallest absolute Gasteiger partial charge is 0.156 e. The third kappa shape index (κ3) is 1.87. The van der Waals surface area contributed by atoms with Crippen LogP contribution in [0.3, 0.4) is 0 Å². The summed E-state index contributed by atoms with van der Waals surface area (Å²) in [5.74, 6) is 0.376. The fraction of sp³-hybridized carbons (Fsp3) is 0. The molecule has 3 aromatic rings. The molecule has 20 heavy (non-hydrogen) atoms. The summed E-state index contributed by atoms with van der Waals surface area (Å²) in [4.78, 5) is 4.03. The summed E-state index contributed by atoms with van der Waals surface area (Å²) in [6.07, 6.45) is 3.34. The second kappa shape index (κ2) is 4.82. The van der Waals surface area contributed by atoms with Gasteiger partial charge in [-0.25, -0.2) is 0 Å². The summed E-state index contributed by atoms with van der Waals surface area (Å²) < 4.78 is 1.46. The number of nitrogen functional groups attached to an aromatic ring is 1. The van der Waals surface area contributed by atoms with Gasteiger partial charge in [0.05, 0.1) is 11.3 Å². The van der Waals surface area contributed by atoms with E-state index in [0.717, 1.165) is 5.56 Å². The molecular weight excluding hydrogens is 252 g/mol. The highest BCUT2D eigenvalue weighted by molar-refractivity contribution is 5.70. The predicted molar refractivity (Wildman–Crippen MR) is 73.7 cm³/mol. The normalized spacial score (nSPS) is 10.2. The van der Waals surface area contributed by atoms with Gasteiger partial charge < -0.3 is 5.73 Å². The number of aromatic nitrogens is 4. The van der Waals surface area contributed by atoms with Crippen molar-refractivity contribution in [1.82, 2.24) is 20.0 Å². The van der Waals surface area contributed by atoms with Crippen LogP contribution in [0.1, 0.15) is 5.56 Å². The molecule has 0 atom stereocenters. The van der Waals surface area contributed by atoms with E-state index in [1.807, 2.05) is 12.1 Å². The summed E-state index contributed by atoms with van der Waals surface area (Å²) >= 11 is 0. The highest BCUT2D eigenvalue weighted by atomic mass is 15.5. The van der Waals surface area contributed by atoms with E-state index < -0.39 is 0 Å². The number of benzene rings is 1. The summed E-state index contributed by atoms with van der Waals surface area (Å²) in [6.45, 7) is 0. The molecule has 1 aromatic carbocycles. The number of para-hydroxylation sites is 1. The first-order chi connectivity index (χ1) is 9.81. The Morgan fingerprint density at radius 2 is 2.00 bits per heavy atom. The largest absolute Gasteiger partial charge is 0.382 e. The van der Waals surface area contributed by atoms with Gasteiger partial charge >= 0.3 is 0 Å². The average Bonchev–Trinajstić information content (AvgIpc) is 2.89. The van der Waals surface area contributed by atoms with Gasteiger partial charge in [0, 0.05) is 18.0 Å². The van der Waals surface area contributed by atoms with Crippen molar-refractivity contribution in [3.05, 3.63) is 54.4 Å². The zero-order valence-electron chi connectivity index (χ0n) is 10.4. The Balaban J connectivity index is 2.15. The van der Waals surface area contributed by atoms with Crippen molar-refractivity contribution in [3.63, 3.8) is 0 Å². The average molecular weight is 262 g/mol. The molecule has 0 aliphatic heterocycles. The van der Waals surface area contributed by atoms with E-state index in [9.17, 15) is 0 Å². The number of anilines is 1. The molecule has 0 aliphatic rings. The van der Waals surface area contributed by atoms with Crippen molar-refractivity contribution >= 4 is 5.82 Å². The Morgan fingerprint density at radius 1 is 1.15 bits per heavy atom. The number of hydrogen-bond acceptors (Lipinski definition) is 5. The minimum atomic E-state index is 0.376. The summed E-state index contributed by atoms with van der Waals surface area (Å²) in [5.41, 5.74) is 8.52. The lowest BCUT2D eigenvalue weighted by Crippen LogP contribution is -2.04. The number of rotatable bonds is 2. The molecule has 6 nitrogen and oxygen atoms in total. The number of hydrogen-bond donors (Lipinski definition) is 1. The van der Waals surface area contributed by atoms with Gasteiger partial charge in [0.25, 0.3) is 0 Å². The van der Waals surface area contributed by atoms with Crippen molar-refractivity contribution in [3.8, 4) is 23.0 Å². The monoisotopic (exact) mass is 262 g/mol. The molecule has 0 saturated carbocycles. The van der Waals surface area contributed by atoms with Gasteiger partial charge in [-0.2, -0.15) is 9.94 Å². The molecular formula is C14H10N6. The Kier molecular flexibility index (Phi) is 2.86. The Hall–Kier alpha value is -3.20. The van der Waals surface area contributed by atoms with Gasteiger partial charge in [0.1, 0.15) is 11.8 Å². The van der Waals surface area contributed by atoms with Gasteiger partial charge in [-0.15, -0.1) is 5.10 Å². The Morgan fingerprint density at radius 3 is 2.75 bits per heavy atom. The summed E-state index contributed by atoms with van der Waals surface area (Å²) in [5, 5.41) is 17.2. The third-order valence-electron chi connectivity index (χ3n) is 2.89. The van der Waals surface area contributed by atoms with Crippen LogP contribution in [0.5, 0.6) is 0 Å². The molecule has 2 N–H and O–H groups in total. The van der Waals surface area contributed by atoms with Gasteiger partial charge in [-0.1, -0.05) is 17.3 Å². The van der Waals surface area contributed by atoms with E-state index in [1.54, 1.807) is 36.7 Å². The van der Waals surface area contributed by atoms with Crippen LogP contribution >= 0.6 is 0 Å². The lowest BCUT2D eigenvalue weighted by molar-refractivity contribution is 0.808. The van der Waals surface area contributed by atoms with Crippen LogP contribution in [-0.4, -0.2) is 20.0 Å². The number of nitrogens with zero attached hydrogens (tertiary/aromatic N) is 5. The highest BCUT2D eigenvalue weighted by Gasteiger charge is 2.14. The predicted octanol–water partition coefficient (Wildman–Crippen LogP) is 1.78. The van der Waals surface area contributed by atoms with Crippen LogP contribution in [-0.2, 0) is 0 Å². The van der Waals surface area contributed by atoms with E-state index in [0.29, 0.717) is 22.8 Å². The number of pyridine rings is 1. The molecule has 2 aromatic heterocycles. The molecule has 0 fully saturated rings. The molecule has 0 unspecified atom stereocenters. The molecule has 0 aliphatic carbocycles. The molecule has 0 bridgehead atoms. The van der Waals surface area contributed by atoms with Crippen LogP contribution in [0.2, 0.25) is 0 Å². The van der Waals surface area contributed by atoms with E-state index in [1.165, 1.54) is 4.68 Å². The highest BCUT2D eigenvalue weighted by Crippen LogP contribution is 2.25. The van der Waals surface area contributed by atoms with Crippen LogP contribution in [0.15, 0.2) is 48.8 Å². The fourth-order valence-electron chi connectivity index (χ4n) is 1.93. The minimum absolute atomic E-state index is 0.376. The standard InChI is InChI=1S/C14H10N6/c15-8-10-4-1-2-6-12(10)20-14(16)13(18-19-20)11-5-3-7-17-9-11/h1-7,9H,16H2. The van der Waals surface area contributed by atoms with E-state index >= 15 is 0 Å². The molecule has 2 heterocycles. The Labute approximate surface area is 115 Å². The number of nitriles is 1. The SMILES string of the molecule is N#Cc1ccccc1-n1nnc(-c2cccnc2)c1N. The van der Waals surface area contributed by atoms with Crippen molar-refractivity contribution < 1.29 is 0 Å². The third-order valence-corrected chi connectivity index (χ3v) is 2.89. The molecule has 0 spiro atoms. The summed E-state index contributed by atoms with van der Waals surface area (Å²) in [7, 11) is 0. The summed E-state index contributed by atoms with van der Waals surface area (Å²) in [6, 6.07) is 12.9. The fourth-order valence-corrected chi connectivity index (χ4v) is 1.93. The van der Waals surface area contributed by atoms with Gasteiger partial charge in [-0.3, -0.25) is 4.98 Å². The molecule has 0 radical (unpaired) electrons. The molecule has 0 amide bonds. The quantitative estimate of drug-likeness (QED) is 0.759. The minimum Gasteiger partial charge on any atom is -0.382 e. The second-order valence-corrected chi connectivity index (χ2v) is 4.11. The topological polar surface area (TPSA) is 93.4 Å². The number of nitrogens with two attached hydrogens (primary N) is 1. The van der Waals surface area contributed by atoms with Crippen molar-refractivity contribution in [2.45, 2.75) is 0 Å². The maximum Gasteiger partial charge on any atom is 0.156 e. The van der Waals surface area contributed by atoms with E-state index in [2.05, 4.69) is 21.4 Å². The van der Waals surface area contributed by atoms with Crippen LogP contribution in [0.4, 0.5) is 5.82 Å². The molecule has 0 saturated heterocycles. The molecule has 6 heteroatoms. The van der Waals surface area contributed by atoms with Gasteiger partial charge in [0.2, 0.25) is 0 Å². The van der Waals surface area contributed by atoms with Crippen molar-refractivity contribution in [2.24, 2.45) is 0 Å². The second-order valence-electron chi connectivity index (χ2n) is 4.11. The lowest BCUT2D eigenvalue weighted by atomic mass is 10.2. The van der Waals surface area contributed by atoms with Crippen molar-refractivity contribution in [2.75, 3.05) is 5.73 Å². The zero-order chi connectivity index (χ0) is 13.9. The van der Waals surface area contributed by atoms with Crippen LogP contribution in [0.25, 0.3) is 16.9 Å². The van der Waals surface area contributed by atoms with Gasteiger partial charge in [0.15, 0.2) is 5.82 Å². The maximum absolute atomic E-state index is 9.13. The van der Waals surface area contributed by atoms with Gasteiger partial charge in [-0.05, 0) is 24.3 Å². The van der Waals surface area contributed by atoms with E-state index in [-0.39, 0.29) is 0 Å². The first-order valence-electron chi connectivity index (χ1n) is 5.92. The van der Waals surface area contributed by atoms with Crippen molar-refractivity contribution in [1.29, 1.82) is 5.26 Å². The van der Waals surface area contributed by atoms with E-state index in [4.69, 9.17) is 11.0 Å². The first kappa shape index (κ1) is 11.9. The first-order valence-corrected chi connectivity index (χ1v) is 5.92. The maximum atomic E-state index is 9.13. The Bertz CT molecular complexity index is 785. The zero-order valence-corrected chi connectivity index (χ0v) is 10.4. The molecule has 3 rings (SSSR count). The van der Waals surface area contributed by atoms with Crippen LogP contribution in [0, 0.1) is 11.3 Å².